The Morgan fingerprint density at radius 1 is 1.06 bits per heavy atom. The predicted molar refractivity (Wildman–Crippen MR) is 61.3 cm³/mol. The standard InChI is InChI=1S/C10H20N2O3S/c13-16(14,12-6-8-15-9-7-12)11-10-4-2-1-3-5-10/h10-11H,1-9H2. The van der Waals surface area contributed by atoms with Gasteiger partial charge in [0.1, 0.15) is 0 Å². The fraction of sp³-hybridized carbons (Fsp3) is 1.00. The van der Waals surface area contributed by atoms with Gasteiger partial charge in [-0.25, -0.2) is 0 Å². The lowest BCUT2D eigenvalue weighted by Crippen LogP contribution is -2.49. The highest BCUT2D eigenvalue weighted by molar-refractivity contribution is 7.87. The summed E-state index contributed by atoms with van der Waals surface area (Å²) >= 11 is 0. The van der Waals surface area contributed by atoms with E-state index in [0.717, 1.165) is 25.7 Å². The predicted octanol–water partition coefficient (Wildman–Crippen LogP) is 0.486. The largest absolute Gasteiger partial charge is 0.379 e. The molecule has 1 saturated carbocycles. The van der Waals surface area contributed by atoms with E-state index in [1.165, 1.54) is 10.7 Å². The van der Waals surface area contributed by atoms with Crippen molar-refractivity contribution in [3.63, 3.8) is 0 Å². The number of nitrogens with zero attached hydrogens (tertiary/aromatic N) is 1. The van der Waals surface area contributed by atoms with E-state index in [9.17, 15) is 8.42 Å². The van der Waals surface area contributed by atoms with Gasteiger partial charge < -0.3 is 4.74 Å². The molecular weight excluding hydrogens is 228 g/mol. The van der Waals surface area contributed by atoms with Crippen molar-refractivity contribution in [3.05, 3.63) is 0 Å². The molecule has 94 valence electrons. The van der Waals surface area contributed by atoms with E-state index >= 15 is 0 Å². The zero-order valence-electron chi connectivity index (χ0n) is 9.52. The molecule has 2 aliphatic rings. The van der Waals surface area contributed by atoms with E-state index in [-0.39, 0.29) is 6.04 Å². The van der Waals surface area contributed by atoms with Crippen LogP contribution >= 0.6 is 0 Å². The summed E-state index contributed by atoms with van der Waals surface area (Å²) in [7, 11) is -3.28. The van der Waals surface area contributed by atoms with Crippen molar-refractivity contribution in [2.24, 2.45) is 0 Å². The molecule has 1 aliphatic carbocycles. The smallest absolute Gasteiger partial charge is 0.279 e. The molecule has 0 radical (unpaired) electrons. The molecule has 1 heterocycles. The monoisotopic (exact) mass is 248 g/mol. The minimum atomic E-state index is -3.28. The molecule has 0 amide bonds. The molecule has 2 fully saturated rings. The summed E-state index contributed by atoms with van der Waals surface area (Å²) in [5.74, 6) is 0. The molecule has 1 N–H and O–H groups in total. The van der Waals surface area contributed by atoms with Gasteiger partial charge in [0.2, 0.25) is 0 Å². The third-order valence-corrected chi connectivity index (χ3v) is 4.91. The third kappa shape index (κ3) is 3.16. The van der Waals surface area contributed by atoms with Crippen LogP contribution in [0.15, 0.2) is 0 Å². The molecular formula is C10H20N2O3S. The van der Waals surface area contributed by atoms with E-state index in [1.54, 1.807) is 0 Å². The average molecular weight is 248 g/mol. The van der Waals surface area contributed by atoms with Gasteiger partial charge in [-0.15, -0.1) is 0 Å². The van der Waals surface area contributed by atoms with Crippen LogP contribution in [0.2, 0.25) is 0 Å². The van der Waals surface area contributed by atoms with Crippen LogP contribution in [0, 0.1) is 0 Å². The van der Waals surface area contributed by atoms with Crippen LogP contribution in [0.1, 0.15) is 32.1 Å². The Hall–Kier alpha value is -0.170. The van der Waals surface area contributed by atoms with Crippen LogP contribution in [0.4, 0.5) is 0 Å². The maximum atomic E-state index is 12.0. The second kappa shape index (κ2) is 5.44. The van der Waals surface area contributed by atoms with E-state index in [0.29, 0.717) is 26.3 Å². The van der Waals surface area contributed by atoms with Crippen molar-refractivity contribution in [2.45, 2.75) is 38.1 Å². The summed E-state index contributed by atoms with van der Waals surface area (Å²) in [5, 5.41) is 0. The SMILES string of the molecule is O=S(=O)(NC1CCCCC1)N1CCOCC1. The minimum absolute atomic E-state index is 0.140. The van der Waals surface area contributed by atoms with Crippen LogP contribution < -0.4 is 4.72 Å². The second-order valence-corrected chi connectivity index (χ2v) is 6.17. The maximum Gasteiger partial charge on any atom is 0.279 e. The number of ether oxygens (including phenoxy) is 1. The van der Waals surface area contributed by atoms with Crippen molar-refractivity contribution < 1.29 is 13.2 Å². The van der Waals surface area contributed by atoms with Gasteiger partial charge in [-0.3, -0.25) is 0 Å². The summed E-state index contributed by atoms with van der Waals surface area (Å²) in [6.07, 6.45) is 5.45. The van der Waals surface area contributed by atoms with Crippen molar-refractivity contribution in [1.29, 1.82) is 0 Å². The normalized spacial score (nSPS) is 25.8. The Bertz CT molecular complexity index is 306. The molecule has 5 nitrogen and oxygen atoms in total. The maximum absolute atomic E-state index is 12.0. The van der Waals surface area contributed by atoms with Crippen molar-refractivity contribution in [1.82, 2.24) is 9.03 Å². The topological polar surface area (TPSA) is 58.6 Å². The number of rotatable bonds is 3. The number of hydrogen-bond acceptors (Lipinski definition) is 3. The molecule has 2 rings (SSSR count). The summed E-state index contributed by atoms with van der Waals surface area (Å²) in [6, 6.07) is 0.140. The molecule has 0 unspecified atom stereocenters. The fourth-order valence-electron chi connectivity index (χ4n) is 2.29. The number of nitrogens with one attached hydrogen (secondary N) is 1. The molecule has 16 heavy (non-hydrogen) atoms. The highest BCUT2D eigenvalue weighted by atomic mass is 32.2. The Balaban J connectivity index is 1.90. The first-order valence-corrected chi connectivity index (χ1v) is 7.48. The number of morpholine rings is 1. The van der Waals surface area contributed by atoms with Crippen molar-refractivity contribution >= 4 is 10.2 Å². The quantitative estimate of drug-likeness (QED) is 0.790. The highest BCUT2D eigenvalue weighted by Crippen LogP contribution is 2.18. The van der Waals surface area contributed by atoms with Crippen LogP contribution in [-0.2, 0) is 14.9 Å². The zero-order valence-corrected chi connectivity index (χ0v) is 10.3. The van der Waals surface area contributed by atoms with Gasteiger partial charge in [0.05, 0.1) is 13.2 Å². The van der Waals surface area contributed by atoms with Gasteiger partial charge in [-0.1, -0.05) is 19.3 Å². The Morgan fingerprint density at radius 3 is 2.31 bits per heavy atom. The molecule has 0 aromatic carbocycles. The summed E-state index contributed by atoms with van der Waals surface area (Å²) in [4.78, 5) is 0. The molecule has 0 bridgehead atoms. The lowest BCUT2D eigenvalue weighted by molar-refractivity contribution is 0.0722. The molecule has 1 aliphatic heterocycles. The van der Waals surface area contributed by atoms with Gasteiger partial charge in [0.15, 0.2) is 0 Å². The first-order chi connectivity index (χ1) is 7.68. The zero-order chi connectivity index (χ0) is 11.4. The summed E-state index contributed by atoms with van der Waals surface area (Å²) in [5.41, 5.74) is 0. The second-order valence-electron chi connectivity index (χ2n) is 4.47. The van der Waals surface area contributed by atoms with Crippen LogP contribution in [0.5, 0.6) is 0 Å². The molecule has 0 aromatic heterocycles. The van der Waals surface area contributed by atoms with Crippen LogP contribution in [0.3, 0.4) is 0 Å². The number of hydrogen-bond donors (Lipinski definition) is 1. The third-order valence-electron chi connectivity index (χ3n) is 3.23. The Morgan fingerprint density at radius 2 is 1.69 bits per heavy atom. The van der Waals surface area contributed by atoms with Gasteiger partial charge in [-0.2, -0.15) is 17.4 Å². The van der Waals surface area contributed by atoms with Gasteiger partial charge >= 0.3 is 0 Å². The minimum Gasteiger partial charge on any atom is -0.379 e. The Kier molecular flexibility index (Phi) is 4.18. The van der Waals surface area contributed by atoms with Gasteiger partial charge in [-0.05, 0) is 12.8 Å². The highest BCUT2D eigenvalue weighted by Gasteiger charge is 2.27. The van der Waals surface area contributed by atoms with Crippen molar-refractivity contribution in [3.8, 4) is 0 Å². The molecule has 0 atom stereocenters. The van der Waals surface area contributed by atoms with Crippen molar-refractivity contribution in [2.75, 3.05) is 26.3 Å². The average Bonchev–Trinajstić information content (AvgIpc) is 2.31. The molecule has 0 aromatic rings. The summed E-state index contributed by atoms with van der Waals surface area (Å²) < 4.78 is 33.5. The first-order valence-electron chi connectivity index (χ1n) is 6.04. The fourth-order valence-corrected chi connectivity index (χ4v) is 3.73. The molecule has 6 heteroatoms. The van der Waals surface area contributed by atoms with Crippen LogP contribution in [-0.4, -0.2) is 45.1 Å². The van der Waals surface area contributed by atoms with Gasteiger partial charge in [0, 0.05) is 19.1 Å². The molecule has 0 spiro atoms. The van der Waals surface area contributed by atoms with E-state index < -0.39 is 10.2 Å². The van der Waals surface area contributed by atoms with E-state index in [1.807, 2.05) is 0 Å². The summed E-state index contributed by atoms with van der Waals surface area (Å²) in [6.45, 7) is 1.96. The molecule has 1 saturated heterocycles. The van der Waals surface area contributed by atoms with Gasteiger partial charge in [0.25, 0.3) is 10.2 Å². The van der Waals surface area contributed by atoms with Crippen LogP contribution in [0.25, 0.3) is 0 Å². The van der Waals surface area contributed by atoms with E-state index in [4.69, 9.17) is 4.74 Å². The first kappa shape index (κ1) is 12.3. The van der Waals surface area contributed by atoms with E-state index in [2.05, 4.69) is 4.72 Å². The Labute approximate surface area is 97.3 Å². The lowest BCUT2D eigenvalue weighted by Gasteiger charge is -2.29. The lowest BCUT2D eigenvalue weighted by atomic mass is 9.96.